The van der Waals surface area contributed by atoms with E-state index in [1.165, 1.54) is 52.0 Å². The van der Waals surface area contributed by atoms with Gasteiger partial charge in [0.25, 0.3) is 21.8 Å². The molecule has 13 heteroatoms. The maximum atomic E-state index is 14.4. The van der Waals surface area contributed by atoms with E-state index in [9.17, 15) is 32.3 Å². The van der Waals surface area contributed by atoms with E-state index in [-0.39, 0.29) is 53.5 Å². The Hall–Kier alpha value is -4.56. The van der Waals surface area contributed by atoms with E-state index in [2.05, 4.69) is 10.1 Å². The van der Waals surface area contributed by atoms with Crippen molar-refractivity contribution in [3.05, 3.63) is 114 Å². The van der Waals surface area contributed by atoms with Crippen LogP contribution >= 0.6 is 11.8 Å². The molecule has 5 rings (SSSR count). The van der Waals surface area contributed by atoms with Crippen LogP contribution < -0.4 is 15.0 Å². The molecule has 0 radical (unpaired) electrons. The van der Waals surface area contributed by atoms with Crippen molar-refractivity contribution in [1.29, 1.82) is 0 Å². The second-order valence-electron chi connectivity index (χ2n) is 12.4. The lowest BCUT2D eigenvalue weighted by Crippen LogP contribution is -2.58. The second-order valence-corrected chi connectivity index (χ2v) is 15.1. The highest BCUT2D eigenvalue weighted by Gasteiger charge is 2.37. The zero-order chi connectivity index (χ0) is 36.0. The monoisotopic (exact) mass is 718 g/mol. The summed E-state index contributed by atoms with van der Waals surface area (Å²) in [5.41, 5.74) is 5.29. The lowest BCUT2D eigenvalue weighted by atomic mass is 10.0. The van der Waals surface area contributed by atoms with Crippen molar-refractivity contribution in [3.8, 4) is 11.1 Å². The van der Waals surface area contributed by atoms with Crippen molar-refractivity contribution in [1.82, 2.24) is 15.2 Å². The standard InChI is InChI=1S/C37H39FN4O6S2/c1-24(2)19-35(44)42(39-21-25(3)43)32-23-49-33-20-29(38)17-18-31(33)41(37(32)46)22-26-13-15-27(16-14-26)30-11-7-8-12-34(30)50(47,48)40-36(45)28-9-5-4-6-10-28/h4-18,20,24-25,32,39,43H,19,21-23H2,1-3H3,(H,40,45)/t25-,32-/m1/s1. The highest BCUT2D eigenvalue weighted by atomic mass is 32.2. The van der Waals surface area contributed by atoms with Gasteiger partial charge in [0.2, 0.25) is 5.91 Å². The minimum atomic E-state index is -4.25. The van der Waals surface area contributed by atoms with E-state index in [1.54, 1.807) is 73.7 Å². The Morgan fingerprint density at radius 3 is 2.34 bits per heavy atom. The molecule has 1 aliphatic rings. The van der Waals surface area contributed by atoms with Gasteiger partial charge in [0.15, 0.2) is 0 Å². The summed E-state index contributed by atoms with van der Waals surface area (Å²) in [6.45, 7) is 5.50. The Bertz CT molecular complexity index is 1960. The summed E-state index contributed by atoms with van der Waals surface area (Å²) in [5.74, 6) is -1.71. The van der Waals surface area contributed by atoms with Crippen molar-refractivity contribution in [2.24, 2.45) is 5.92 Å². The first-order valence-electron chi connectivity index (χ1n) is 16.1. The number of aliphatic hydroxyl groups is 1. The maximum Gasteiger partial charge on any atom is 0.264 e. The van der Waals surface area contributed by atoms with Crippen molar-refractivity contribution < 1.29 is 32.3 Å². The van der Waals surface area contributed by atoms with Gasteiger partial charge >= 0.3 is 0 Å². The summed E-state index contributed by atoms with van der Waals surface area (Å²) in [7, 11) is -4.25. The summed E-state index contributed by atoms with van der Waals surface area (Å²) in [4.78, 5) is 42.4. The predicted molar refractivity (Wildman–Crippen MR) is 191 cm³/mol. The number of anilines is 1. The van der Waals surface area contributed by atoms with Crippen LogP contribution in [-0.4, -0.2) is 60.7 Å². The van der Waals surface area contributed by atoms with Gasteiger partial charge in [-0.25, -0.2) is 23.0 Å². The van der Waals surface area contributed by atoms with E-state index in [4.69, 9.17) is 0 Å². The smallest absolute Gasteiger partial charge is 0.264 e. The third-order valence-electron chi connectivity index (χ3n) is 7.93. The molecule has 0 saturated heterocycles. The highest BCUT2D eigenvalue weighted by Crippen LogP contribution is 2.37. The van der Waals surface area contributed by atoms with Crippen LogP contribution in [-0.2, 0) is 26.2 Å². The molecule has 0 aliphatic carbocycles. The fourth-order valence-electron chi connectivity index (χ4n) is 5.50. The Labute approximate surface area is 295 Å². The van der Waals surface area contributed by atoms with Gasteiger partial charge in [-0.3, -0.25) is 19.4 Å². The van der Waals surface area contributed by atoms with Crippen LogP contribution in [0.1, 0.15) is 43.1 Å². The number of aliphatic hydroxyl groups excluding tert-OH is 1. The van der Waals surface area contributed by atoms with Gasteiger partial charge in [0.05, 0.1) is 23.2 Å². The lowest BCUT2D eigenvalue weighted by Gasteiger charge is -2.34. The molecule has 0 bridgehead atoms. The second kappa shape index (κ2) is 16.0. The quantitative estimate of drug-likeness (QED) is 0.166. The first-order chi connectivity index (χ1) is 23.8. The number of rotatable bonds is 12. The van der Waals surface area contributed by atoms with Crippen LogP contribution in [0.4, 0.5) is 10.1 Å². The van der Waals surface area contributed by atoms with Gasteiger partial charge < -0.3 is 10.0 Å². The van der Waals surface area contributed by atoms with Gasteiger partial charge in [-0.05, 0) is 60.4 Å². The molecule has 1 aliphatic heterocycles. The summed E-state index contributed by atoms with van der Waals surface area (Å²) in [6.07, 6.45) is -0.601. The molecule has 0 saturated carbocycles. The Morgan fingerprint density at radius 2 is 1.66 bits per heavy atom. The molecular weight excluding hydrogens is 680 g/mol. The Morgan fingerprint density at radius 1 is 0.980 bits per heavy atom. The minimum absolute atomic E-state index is 0.0213. The predicted octanol–water partition coefficient (Wildman–Crippen LogP) is 5.38. The summed E-state index contributed by atoms with van der Waals surface area (Å²) >= 11 is 1.27. The van der Waals surface area contributed by atoms with Gasteiger partial charge in [-0.15, -0.1) is 11.8 Å². The van der Waals surface area contributed by atoms with E-state index < -0.39 is 33.9 Å². The molecule has 3 N–H and O–H groups in total. The molecule has 50 heavy (non-hydrogen) atoms. The van der Waals surface area contributed by atoms with Crippen LogP contribution in [0.25, 0.3) is 11.1 Å². The number of carbonyl (C=O) groups is 3. The fourth-order valence-corrected chi connectivity index (χ4v) is 7.86. The summed E-state index contributed by atoms with van der Waals surface area (Å²) < 4.78 is 43.3. The van der Waals surface area contributed by atoms with Crippen LogP contribution in [0.2, 0.25) is 0 Å². The summed E-state index contributed by atoms with van der Waals surface area (Å²) in [5, 5.41) is 11.3. The van der Waals surface area contributed by atoms with Gasteiger partial charge in [-0.2, -0.15) is 0 Å². The van der Waals surface area contributed by atoms with Crippen LogP contribution in [0.15, 0.2) is 107 Å². The number of hydrazine groups is 1. The third kappa shape index (κ3) is 8.77. The maximum absolute atomic E-state index is 14.4. The number of halogens is 1. The number of hydrogen-bond acceptors (Lipinski definition) is 8. The number of nitrogens with one attached hydrogen (secondary N) is 2. The fraction of sp³-hybridized carbons (Fsp3) is 0.270. The normalized spacial score (nSPS) is 15.3. The Balaban J connectivity index is 1.44. The minimum Gasteiger partial charge on any atom is -0.392 e. The van der Waals surface area contributed by atoms with E-state index in [1.807, 2.05) is 13.8 Å². The first kappa shape index (κ1) is 36.7. The number of carbonyl (C=O) groups excluding carboxylic acids is 3. The number of benzene rings is 4. The van der Waals surface area contributed by atoms with Crippen molar-refractivity contribution in [2.45, 2.75) is 55.7 Å². The number of thioether (sulfide) groups is 1. The number of sulfonamides is 1. The molecule has 262 valence electrons. The van der Waals surface area contributed by atoms with Gasteiger partial charge in [-0.1, -0.05) is 74.5 Å². The molecule has 3 amide bonds. The van der Waals surface area contributed by atoms with Gasteiger partial charge in [0, 0.05) is 34.7 Å². The van der Waals surface area contributed by atoms with E-state index in [0.717, 1.165) is 0 Å². The average molecular weight is 719 g/mol. The molecule has 0 spiro atoms. The first-order valence-corrected chi connectivity index (χ1v) is 18.6. The van der Waals surface area contributed by atoms with E-state index in [0.29, 0.717) is 27.3 Å². The SMILES string of the molecule is CC(C)CC(=O)N(NC[C@@H](C)O)[C@@H]1CSc2cc(F)ccc2N(Cc2ccc(-c3ccccc3S(=O)(=O)NC(=O)c3ccccc3)cc2)C1=O. The third-order valence-corrected chi connectivity index (χ3v) is 10.4. The highest BCUT2D eigenvalue weighted by molar-refractivity contribution is 7.99. The molecule has 0 fully saturated rings. The topological polar surface area (TPSA) is 136 Å². The molecular formula is C37H39FN4O6S2. The molecule has 1 heterocycles. The molecule has 2 atom stereocenters. The van der Waals surface area contributed by atoms with Crippen LogP contribution in [0.3, 0.4) is 0 Å². The van der Waals surface area contributed by atoms with Crippen molar-refractivity contribution in [3.63, 3.8) is 0 Å². The lowest BCUT2D eigenvalue weighted by molar-refractivity contribution is -0.143. The van der Waals surface area contributed by atoms with Crippen LogP contribution in [0.5, 0.6) is 0 Å². The average Bonchev–Trinajstić information content (AvgIpc) is 3.20. The number of hydrogen-bond donors (Lipinski definition) is 3. The summed E-state index contributed by atoms with van der Waals surface area (Å²) in [6, 6.07) is 24.6. The largest absolute Gasteiger partial charge is 0.392 e. The van der Waals surface area contributed by atoms with Crippen molar-refractivity contribution in [2.75, 3.05) is 17.2 Å². The van der Waals surface area contributed by atoms with Crippen molar-refractivity contribution >= 4 is 45.2 Å². The molecule has 0 aromatic heterocycles. The van der Waals surface area contributed by atoms with E-state index >= 15 is 0 Å². The molecule has 4 aromatic rings. The number of fused-ring (bicyclic) bond motifs is 1. The zero-order valence-corrected chi connectivity index (χ0v) is 29.5. The molecule has 0 unspecified atom stereocenters. The Kier molecular flexibility index (Phi) is 11.7. The molecule has 4 aromatic carbocycles. The van der Waals surface area contributed by atoms with Crippen LogP contribution in [0, 0.1) is 11.7 Å². The number of nitrogens with zero attached hydrogens (tertiary/aromatic N) is 2. The molecule has 10 nitrogen and oxygen atoms in total. The number of amides is 3. The van der Waals surface area contributed by atoms with Gasteiger partial charge in [0.1, 0.15) is 11.9 Å². The zero-order valence-electron chi connectivity index (χ0n) is 27.9.